The number of carbonyl (C=O) groups excluding carboxylic acids is 1. The highest BCUT2D eigenvalue weighted by molar-refractivity contribution is 5.89. The van der Waals surface area contributed by atoms with Crippen molar-refractivity contribution in [3.8, 4) is 0 Å². The van der Waals surface area contributed by atoms with E-state index in [1.54, 1.807) is 6.33 Å². The Morgan fingerprint density at radius 1 is 1.07 bits per heavy atom. The van der Waals surface area contributed by atoms with Crippen LogP contribution in [-0.4, -0.2) is 94.9 Å². The van der Waals surface area contributed by atoms with E-state index < -0.39 is 6.10 Å². The van der Waals surface area contributed by atoms with Crippen molar-refractivity contribution in [3.05, 3.63) is 30.6 Å². The van der Waals surface area contributed by atoms with Gasteiger partial charge in [-0.2, -0.15) is 0 Å². The first-order chi connectivity index (χ1) is 14.7. The van der Waals surface area contributed by atoms with E-state index in [0.717, 1.165) is 55.9 Å². The van der Waals surface area contributed by atoms with Gasteiger partial charge in [0.2, 0.25) is 5.91 Å². The highest BCUT2D eigenvalue weighted by atomic mass is 16.5. The maximum atomic E-state index is 13.4. The molecule has 1 aromatic heterocycles. The van der Waals surface area contributed by atoms with Gasteiger partial charge in [-0.3, -0.25) is 9.69 Å². The maximum absolute atomic E-state index is 13.4. The van der Waals surface area contributed by atoms with Crippen LogP contribution in [0.4, 0.5) is 5.82 Å². The summed E-state index contributed by atoms with van der Waals surface area (Å²) in [7, 11) is 0. The molecule has 0 radical (unpaired) electrons. The van der Waals surface area contributed by atoms with Gasteiger partial charge in [0.15, 0.2) is 0 Å². The number of para-hydroxylation sites is 1. The smallest absolute Gasteiger partial charge is 0.240 e. The number of piperazine rings is 1. The van der Waals surface area contributed by atoms with Crippen molar-refractivity contribution in [2.24, 2.45) is 0 Å². The molecule has 2 atom stereocenters. The van der Waals surface area contributed by atoms with Crippen molar-refractivity contribution in [2.75, 3.05) is 50.8 Å². The molecule has 4 heterocycles. The van der Waals surface area contributed by atoms with E-state index in [1.165, 1.54) is 0 Å². The van der Waals surface area contributed by atoms with E-state index in [2.05, 4.69) is 19.8 Å². The molecule has 3 aliphatic heterocycles. The van der Waals surface area contributed by atoms with Gasteiger partial charge in [0.05, 0.1) is 17.7 Å². The molecule has 8 heteroatoms. The van der Waals surface area contributed by atoms with E-state index in [1.807, 2.05) is 29.2 Å². The number of β-amino-alcohol motifs (C(OH)–C–C–N with tert-alkyl or cyclic N) is 1. The van der Waals surface area contributed by atoms with Gasteiger partial charge in [-0.25, -0.2) is 9.97 Å². The number of likely N-dealkylation sites (tertiary alicyclic amines) is 1. The third-order valence-electron chi connectivity index (χ3n) is 6.67. The van der Waals surface area contributed by atoms with Crippen molar-refractivity contribution in [2.45, 2.75) is 37.5 Å². The summed E-state index contributed by atoms with van der Waals surface area (Å²) < 4.78 is 5.48. The standard InChI is InChI=1S/C22H29N5O3/c28-17-13-20(27(14-17)16-5-11-30-12-6-16)22(29)26-9-7-25(8-10-26)21-18-3-1-2-4-19(18)23-15-24-21/h1-4,15-17,20,28H,5-14H2/t17-,20+/m1/s1. The summed E-state index contributed by atoms with van der Waals surface area (Å²) in [6, 6.07) is 8.15. The number of aliphatic hydroxyl groups is 1. The molecule has 0 spiro atoms. The molecule has 0 unspecified atom stereocenters. The normalized spacial score (nSPS) is 26.4. The molecule has 1 amide bonds. The molecule has 0 aliphatic carbocycles. The molecule has 0 saturated carbocycles. The molecule has 1 N–H and O–H groups in total. The number of carbonyl (C=O) groups is 1. The molecule has 160 valence electrons. The molecule has 5 rings (SSSR count). The fourth-order valence-electron chi connectivity index (χ4n) is 5.09. The number of rotatable bonds is 3. The number of ether oxygens (including phenoxy) is 1. The van der Waals surface area contributed by atoms with E-state index >= 15 is 0 Å². The second-order valence-electron chi connectivity index (χ2n) is 8.47. The lowest BCUT2D eigenvalue weighted by atomic mass is 10.0. The minimum absolute atomic E-state index is 0.158. The van der Waals surface area contributed by atoms with Gasteiger partial charge in [-0.1, -0.05) is 12.1 Å². The molecule has 0 bridgehead atoms. The van der Waals surface area contributed by atoms with Gasteiger partial charge < -0.3 is 19.6 Å². The first kappa shape index (κ1) is 19.7. The Labute approximate surface area is 176 Å². The van der Waals surface area contributed by atoms with E-state index in [0.29, 0.717) is 32.1 Å². The number of amides is 1. The Balaban J connectivity index is 1.26. The monoisotopic (exact) mass is 411 g/mol. The lowest BCUT2D eigenvalue weighted by molar-refractivity contribution is -0.137. The summed E-state index contributed by atoms with van der Waals surface area (Å²) in [6.07, 6.45) is 3.60. The minimum Gasteiger partial charge on any atom is -0.392 e. The Morgan fingerprint density at radius 3 is 2.63 bits per heavy atom. The highest BCUT2D eigenvalue weighted by Crippen LogP contribution is 2.28. The molecule has 8 nitrogen and oxygen atoms in total. The predicted octanol–water partition coefficient (Wildman–Crippen LogP) is 0.893. The molecule has 3 aliphatic rings. The van der Waals surface area contributed by atoms with Crippen molar-refractivity contribution in [3.63, 3.8) is 0 Å². The maximum Gasteiger partial charge on any atom is 0.240 e. The van der Waals surface area contributed by atoms with Gasteiger partial charge in [0.1, 0.15) is 12.1 Å². The average Bonchev–Trinajstić information content (AvgIpc) is 3.20. The Morgan fingerprint density at radius 2 is 1.83 bits per heavy atom. The zero-order valence-electron chi connectivity index (χ0n) is 17.2. The quantitative estimate of drug-likeness (QED) is 0.803. The summed E-state index contributed by atoms with van der Waals surface area (Å²) in [4.78, 5) is 28.7. The number of anilines is 1. The predicted molar refractivity (Wildman–Crippen MR) is 113 cm³/mol. The molecule has 3 fully saturated rings. The number of benzene rings is 1. The third kappa shape index (κ3) is 3.75. The summed E-state index contributed by atoms with van der Waals surface area (Å²) in [6.45, 7) is 4.91. The molecule has 1 aromatic carbocycles. The average molecular weight is 412 g/mol. The largest absolute Gasteiger partial charge is 0.392 e. The van der Waals surface area contributed by atoms with E-state index in [4.69, 9.17) is 4.74 Å². The summed E-state index contributed by atoms with van der Waals surface area (Å²) >= 11 is 0. The first-order valence-corrected chi connectivity index (χ1v) is 11.0. The fraction of sp³-hybridized carbons (Fsp3) is 0.591. The summed E-state index contributed by atoms with van der Waals surface area (Å²) in [5, 5.41) is 11.3. The second-order valence-corrected chi connectivity index (χ2v) is 8.47. The van der Waals surface area contributed by atoms with Crippen LogP contribution in [0.1, 0.15) is 19.3 Å². The SMILES string of the molecule is O=C([C@@H]1C[C@@H](O)CN1C1CCOCC1)N1CCN(c2ncnc3ccccc23)CC1. The van der Waals surface area contributed by atoms with Crippen LogP contribution in [0.15, 0.2) is 30.6 Å². The summed E-state index contributed by atoms with van der Waals surface area (Å²) in [5.41, 5.74) is 0.938. The number of aliphatic hydroxyl groups excluding tert-OH is 1. The van der Waals surface area contributed by atoms with E-state index in [9.17, 15) is 9.90 Å². The Kier molecular flexibility index (Phi) is 5.54. The van der Waals surface area contributed by atoms with Gasteiger partial charge >= 0.3 is 0 Å². The van der Waals surface area contributed by atoms with Gasteiger partial charge in [-0.15, -0.1) is 0 Å². The van der Waals surface area contributed by atoms with Crippen LogP contribution >= 0.6 is 0 Å². The zero-order chi connectivity index (χ0) is 20.5. The first-order valence-electron chi connectivity index (χ1n) is 11.0. The molecule has 30 heavy (non-hydrogen) atoms. The van der Waals surface area contributed by atoms with Crippen molar-refractivity contribution in [1.82, 2.24) is 19.8 Å². The summed E-state index contributed by atoms with van der Waals surface area (Å²) in [5.74, 6) is 1.10. The Hall–Kier alpha value is -2.29. The molecular weight excluding hydrogens is 382 g/mol. The van der Waals surface area contributed by atoms with Crippen LogP contribution in [0.5, 0.6) is 0 Å². The van der Waals surface area contributed by atoms with Crippen LogP contribution in [0.2, 0.25) is 0 Å². The van der Waals surface area contributed by atoms with Crippen LogP contribution in [0.25, 0.3) is 10.9 Å². The second kappa shape index (κ2) is 8.45. The van der Waals surface area contributed by atoms with Crippen molar-refractivity contribution in [1.29, 1.82) is 0 Å². The fourth-order valence-corrected chi connectivity index (χ4v) is 5.09. The van der Waals surface area contributed by atoms with Gasteiger partial charge in [0, 0.05) is 57.4 Å². The van der Waals surface area contributed by atoms with Crippen molar-refractivity contribution >= 4 is 22.6 Å². The van der Waals surface area contributed by atoms with Crippen LogP contribution < -0.4 is 4.90 Å². The minimum atomic E-state index is -0.421. The van der Waals surface area contributed by atoms with E-state index in [-0.39, 0.29) is 11.9 Å². The lowest BCUT2D eigenvalue weighted by Gasteiger charge is -2.40. The third-order valence-corrected chi connectivity index (χ3v) is 6.67. The van der Waals surface area contributed by atoms with Gasteiger partial charge in [-0.05, 0) is 31.4 Å². The highest BCUT2D eigenvalue weighted by Gasteiger charge is 2.42. The number of hydrogen-bond acceptors (Lipinski definition) is 7. The van der Waals surface area contributed by atoms with Crippen LogP contribution in [0.3, 0.4) is 0 Å². The van der Waals surface area contributed by atoms with Crippen molar-refractivity contribution < 1.29 is 14.6 Å². The lowest BCUT2D eigenvalue weighted by Crippen LogP contribution is -2.55. The van der Waals surface area contributed by atoms with Crippen LogP contribution in [-0.2, 0) is 9.53 Å². The topological polar surface area (TPSA) is 82.0 Å². The number of nitrogens with zero attached hydrogens (tertiary/aromatic N) is 5. The molecular formula is C22H29N5O3. The number of aromatic nitrogens is 2. The number of fused-ring (bicyclic) bond motifs is 1. The molecule has 2 aromatic rings. The zero-order valence-corrected chi connectivity index (χ0v) is 17.2. The Bertz CT molecular complexity index is 890. The van der Waals surface area contributed by atoms with Gasteiger partial charge in [0.25, 0.3) is 0 Å². The molecule has 3 saturated heterocycles. The van der Waals surface area contributed by atoms with Crippen LogP contribution in [0, 0.1) is 0 Å². The number of hydrogen-bond donors (Lipinski definition) is 1.